The van der Waals surface area contributed by atoms with E-state index in [-0.39, 0.29) is 5.84 Å². The fourth-order valence-electron chi connectivity index (χ4n) is 1.41. The van der Waals surface area contributed by atoms with Crippen LogP contribution in [0.15, 0.2) is 5.16 Å². The molecule has 0 aromatic heterocycles. The fourth-order valence-corrected chi connectivity index (χ4v) is 2.03. The number of rotatable bonds is 11. The zero-order valence-corrected chi connectivity index (χ0v) is 11.7. The molecule has 0 saturated heterocycles. The van der Waals surface area contributed by atoms with E-state index >= 15 is 0 Å². The first-order chi connectivity index (χ1) is 8.24. The molecule has 0 aromatic rings. The van der Waals surface area contributed by atoms with Crippen LogP contribution in [0.5, 0.6) is 0 Å². The van der Waals surface area contributed by atoms with Gasteiger partial charge in [-0.25, -0.2) is 0 Å². The normalized spacial score (nSPS) is 12.3. The zero-order chi connectivity index (χ0) is 12.9. The van der Waals surface area contributed by atoms with E-state index in [4.69, 9.17) is 15.7 Å². The molecule has 0 radical (unpaired) electrons. The molecule has 0 aliphatic carbocycles. The van der Waals surface area contributed by atoms with Crippen LogP contribution in [-0.2, 0) is 4.74 Å². The van der Waals surface area contributed by atoms with Crippen LogP contribution in [-0.4, -0.2) is 60.8 Å². The van der Waals surface area contributed by atoms with Gasteiger partial charge in [0.1, 0.15) is 5.84 Å². The quantitative estimate of drug-likeness (QED) is 0.193. The van der Waals surface area contributed by atoms with E-state index < -0.39 is 0 Å². The van der Waals surface area contributed by atoms with Crippen LogP contribution >= 0.6 is 11.8 Å². The molecule has 0 bridgehead atoms. The van der Waals surface area contributed by atoms with Gasteiger partial charge in [0.05, 0.1) is 6.61 Å². The van der Waals surface area contributed by atoms with Crippen molar-refractivity contribution in [1.82, 2.24) is 4.90 Å². The average molecular weight is 263 g/mol. The summed E-state index contributed by atoms with van der Waals surface area (Å²) in [5, 5.41) is 11.5. The summed E-state index contributed by atoms with van der Waals surface area (Å²) in [5.74, 6) is 2.64. The van der Waals surface area contributed by atoms with Gasteiger partial charge in [-0.05, 0) is 24.5 Å². The zero-order valence-electron chi connectivity index (χ0n) is 10.9. The Morgan fingerprint density at radius 2 is 2.18 bits per heavy atom. The van der Waals surface area contributed by atoms with Crippen molar-refractivity contribution in [2.45, 2.75) is 19.8 Å². The third-order valence-corrected chi connectivity index (χ3v) is 3.38. The molecule has 0 heterocycles. The highest BCUT2D eigenvalue weighted by molar-refractivity contribution is 7.99. The summed E-state index contributed by atoms with van der Waals surface area (Å²) in [6, 6.07) is 0. The number of amidine groups is 1. The van der Waals surface area contributed by atoms with E-state index in [1.807, 2.05) is 11.8 Å². The topological polar surface area (TPSA) is 71.1 Å². The maximum atomic E-state index is 8.49. The lowest BCUT2D eigenvalue weighted by Crippen LogP contribution is -2.32. The first-order valence-corrected chi connectivity index (χ1v) is 7.15. The summed E-state index contributed by atoms with van der Waals surface area (Å²) in [7, 11) is 1.70. The Balaban J connectivity index is 3.79. The number of thioether (sulfide) groups is 1. The Morgan fingerprint density at radius 1 is 1.41 bits per heavy atom. The first kappa shape index (κ1) is 16.5. The molecule has 0 aliphatic heterocycles. The predicted molar refractivity (Wildman–Crippen MR) is 74.0 cm³/mol. The Labute approximate surface area is 108 Å². The molecule has 0 aromatic carbocycles. The molecule has 0 amide bonds. The van der Waals surface area contributed by atoms with Crippen LogP contribution in [0.25, 0.3) is 0 Å². The molecule has 5 nitrogen and oxygen atoms in total. The van der Waals surface area contributed by atoms with Crippen molar-refractivity contribution in [2.24, 2.45) is 10.9 Å². The summed E-state index contributed by atoms with van der Waals surface area (Å²) >= 11 is 1.96. The third kappa shape index (κ3) is 10.4. The smallest absolute Gasteiger partial charge is 0.140 e. The number of methoxy groups -OCH3 is 1. The van der Waals surface area contributed by atoms with E-state index in [1.54, 1.807) is 7.11 Å². The van der Waals surface area contributed by atoms with Gasteiger partial charge >= 0.3 is 0 Å². The molecule has 0 saturated carbocycles. The summed E-state index contributed by atoms with van der Waals surface area (Å²) in [6.45, 7) is 5.64. The maximum absolute atomic E-state index is 8.49. The molecule has 0 spiro atoms. The minimum atomic E-state index is 0.287. The molecule has 0 rings (SSSR count). The minimum absolute atomic E-state index is 0.287. The van der Waals surface area contributed by atoms with Crippen LogP contribution in [0.1, 0.15) is 19.8 Å². The van der Waals surface area contributed by atoms with Gasteiger partial charge in [0.25, 0.3) is 0 Å². The molecule has 0 atom stereocenters. The van der Waals surface area contributed by atoms with Gasteiger partial charge < -0.3 is 20.6 Å². The lowest BCUT2D eigenvalue weighted by atomic mass is 10.3. The number of hydrogen-bond donors (Lipinski definition) is 2. The number of hydrogen-bond acceptors (Lipinski definition) is 5. The van der Waals surface area contributed by atoms with Crippen molar-refractivity contribution in [3.05, 3.63) is 0 Å². The summed E-state index contributed by atoms with van der Waals surface area (Å²) in [6.07, 6.45) is 1.76. The Kier molecular flexibility index (Phi) is 11.7. The molecule has 0 fully saturated rings. The van der Waals surface area contributed by atoms with Crippen molar-refractivity contribution in [1.29, 1.82) is 0 Å². The highest BCUT2D eigenvalue weighted by Gasteiger charge is 2.05. The number of nitrogens with zero attached hydrogens (tertiary/aromatic N) is 2. The Bertz CT molecular complexity index is 203. The lowest BCUT2D eigenvalue weighted by Gasteiger charge is -2.21. The first-order valence-electron chi connectivity index (χ1n) is 6.00. The van der Waals surface area contributed by atoms with E-state index in [2.05, 4.69) is 17.0 Å². The molecular weight excluding hydrogens is 238 g/mol. The van der Waals surface area contributed by atoms with E-state index in [0.29, 0.717) is 6.42 Å². The number of oxime groups is 1. The van der Waals surface area contributed by atoms with Crippen LogP contribution < -0.4 is 5.73 Å². The van der Waals surface area contributed by atoms with Crippen LogP contribution in [0.4, 0.5) is 0 Å². The van der Waals surface area contributed by atoms with Gasteiger partial charge in [-0.3, -0.25) is 0 Å². The molecule has 0 aliphatic rings. The summed E-state index contributed by atoms with van der Waals surface area (Å²) in [4.78, 5) is 2.29. The highest BCUT2D eigenvalue weighted by Crippen LogP contribution is 2.03. The number of ether oxygens (including phenoxy) is 1. The lowest BCUT2D eigenvalue weighted by molar-refractivity contribution is 0.149. The van der Waals surface area contributed by atoms with Crippen LogP contribution in [0.2, 0.25) is 0 Å². The Hall–Kier alpha value is -0.460. The van der Waals surface area contributed by atoms with Crippen LogP contribution in [0.3, 0.4) is 0 Å². The SMILES string of the molecule is CCSCCCN(CCOC)CCC(N)=NO. The van der Waals surface area contributed by atoms with Crippen molar-refractivity contribution in [3.8, 4) is 0 Å². The predicted octanol–water partition coefficient (Wildman–Crippen LogP) is 1.21. The van der Waals surface area contributed by atoms with Crippen molar-refractivity contribution in [2.75, 3.05) is 44.9 Å². The number of nitrogens with two attached hydrogens (primary N) is 1. The molecule has 6 heteroatoms. The van der Waals surface area contributed by atoms with Crippen LogP contribution in [0, 0.1) is 0 Å². The van der Waals surface area contributed by atoms with Gasteiger partial charge in [0.2, 0.25) is 0 Å². The molecule has 3 N–H and O–H groups in total. The summed E-state index contributed by atoms with van der Waals surface area (Å²) in [5.41, 5.74) is 5.46. The van der Waals surface area contributed by atoms with Gasteiger partial charge in [0, 0.05) is 26.6 Å². The summed E-state index contributed by atoms with van der Waals surface area (Å²) < 4.78 is 5.08. The second-order valence-corrected chi connectivity index (χ2v) is 5.12. The highest BCUT2D eigenvalue weighted by atomic mass is 32.2. The third-order valence-electron chi connectivity index (χ3n) is 2.39. The van der Waals surface area contributed by atoms with Gasteiger partial charge in [-0.15, -0.1) is 0 Å². The Morgan fingerprint density at radius 3 is 2.76 bits per heavy atom. The standard InChI is InChI=1S/C11H25N3O2S/c1-3-17-10-4-6-14(8-9-16-2)7-5-11(12)13-15/h15H,3-10H2,1-2H3,(H2,12,13). The van der Waals surface area contributed by atoms with Crippen molar-refractivity contribution >= 4 is 17.6 Å². The minimum Gasteiger partial charge on any atom is -0.409 e. The van der Waals surface area contributed by atoms with Crippen molar-refractivity contribution in [3.63, 3.8) is 0 Å². The second-order valence-electron chi connectivity index (χ2n) is 3.73. The van der Waals surface area contributed by atoms with Crippen molar-refractivity contribution < 1.29 is 9.94 Å². The largest absolute Gasteiger partial charge is 0.409 e. The molecular formula is C11H25N3O2S. The molecule has 102 valence electrons. The van der Waals surface area contributed by atoms with E-state index in [0.717, 1.165) is 26.2 Å². The molecule has 17 heavy (non-hydrogen) atoms. The van der Waals surface area contributed by atoms with Gasteiger partial charge in [0.15, 0.2) is 0 Å². The van der Waals surface area contributed by atoms with E-state index in [1.165, 1.54) is 17.9 Å². The maximum Gasteiger partial charge on any atom is 0.140 e. The van der Waals surface area contributed by atoms with Gasteiger partial charge in [-0.2, -0.15) is 11.8 Å². The van der Waals surface area contributed by atoms with Gasteiger partial charge in [-0.1, -0.05) is 12.1 Å². The monoisotopic (exact) mass is 263 g/mol. The fraction of sp³-hybridized carbons (Fsp3) is 0.909. The average Bonchev–Trinajstić information content (AvgIpc) is 2.36. The molecule has 0 unspecified atom stereocenters. The second kappa shape index (κ2) is 12.0. The van der Waals surface area contributed by atoms with E-state index in [9.17, 15) is 0 Å².